The van der Waals surface area contributed by atoms with Crippen molar-refractivity contribution in [3.63, 3.8) is 0 Å². The Bertz CT molecular complexity index is 841. The van der Waals surface area contributed by atoms with Gasteiger partial charge < -0.3 is 20.1 Å². The molecule has 164 valence electrons. The summed E-state index contributed by atoms with van der Waals surface area (Å²) in [6, 6.07) is 4.95. The second kappa shape index (κ2) is 10.3. The van der Waals surface area contributed by atoms with Crippen LogP contribution in [0.15, 0.2) is 30.6 Å². The van der Waals surface area contributed by atoms with E-state index in [0.29, 0.717) is 18.1 Å². The van der Waals surface area contributed by atoms with E-state index in [9.17, 15) is 9.59 Å². The Kier molecular flexibility index (Phi) is 8.11. The highest BCUT2D eigenvalue weighted by Gasteiger charge is 2.33. The number of hydrogen-bond acceptors (Lipinski definition) is 5. The third-order valence-corrected chi connectivity index (χ3v) is 5.03. The quantitative estimate of drug-likeness (QED) is 0.656. The monoisotopic (exact) mass is 414 g/mol. The molecule has 30 heavy (non-hydrogen) atoms. The summed E-state index contributed by atoms with van der Waals surface area (Å²) in [7, 11) is 3.65. The van der Waals surface area contributed by atoms with E-state index in [2.05, 4.69) is 39.5 Å². The van der Waals surface area contributed by atoms with Crippen LogP contribution >= 0.6 is 0 Å². The van der Waals surface area contributed by atoms with Crippen molar-refractivity contribution in [2.24, 2.45) is 5.41 Å². The van der Waals surface area contributed by atoms with Gasteiger partial charge in [0.25, 0.3) is 5.91 Å². The fraction of sp³-hybridized carbons (Fsp3) is 0.545. The molecule has 0 saturated heterocycles. The zero-order valence-corrected chi connectivity index (χ0v) is 18.9. The molecule has 2 aromatic rings. The molecular weight excluding hydrogens is 380 g/mol. The highest BCUT2D eigenvalue weighted by Crippen LogP contribution is 2.21. The second-order valence-electron chi connectivity index (χ2n) is 8.49. The van der Waals surface area contributed by atoms with Gasteiger partial charge >= 0.3 is 0 Å². The molecule has 2 heterocycles. The summed E-state index contributed by atoms with van der Waals surface area (Å²) in [5.41, 5.74) is 0.545. The van der Waals surface area contributed by atoms with E-state index in [1.807, 2.05) is 43.5 Å². The molecule has 2 rings (SSSR count). The second-order valence-corrected chi connectivity index (χ2v) is 8.49. The topological polar surface area (TPSA) is 92.2 Å². The van der Waals surface area contributed by atoms with Crippen LogP contribution in [0.1, 0.15) is 44.6 Å². The van der Waals surface area contributed by atoms with Gasteiger partial charge in [0.05, 0.1) is 0 Å². The largest absolute Gasteiger partial charge is 0.357 e. The van der Waals surface area contributed by atoms with E-state index in [1.54, 1.807) is 19.4 Å². The highest BCUT2D eigenvalue weighted by molar-refractivity contribution is 5.96. The minimum absolute atomic E-state index is 0.233. The zero-order chi connectivity index (χ0) is 22.3. The lowest BCUT2D eigenvalue weighted by molar-refractivity contribution is -0.124. The summed E-state index contributed by atoms with van der Waals surface area (Å²) in [6.07, 6.45) is 4.37. The molecule has 0 spiro atoms. The third kappa shape index (κ3) is 6.13. The van der Waals surface area contributed by atoms with Gasteiger partial charge in [-0.1, -0.05) is 33.8 Å². The number of aromatic nitrogens is 3. The maximum Gasteiger partial charge on any atom is 0.272 e. The lowest BCUT2D eigenvalue weighted by Gasteiger charge is -2.29. The Balaban J connectivity index is 2.29. The molecule has 8 nitrogen and oxygen atoms in total. The molecule has 0 aliphatic heterocycles. The van der Waals surface area contributed by atoms with Crippen LogP contribution in [0.25, 0.3) is 11.5 Å². The SMILES string of the molecule is CCN(C)CCCn1cc(C(=O)NC(C(=O)NC)C(C)(C)C)nc1-c1ccccn1. The molecular formula is C22H34N6O2. The number of rotatable bonds is 9. The van der Waals surface area contributed by atoms with E-state index in [1.165, 1.54) is 0 Å². The van der Waals surface area contributed by atoms with Gasteiger partial charge in [-0.25, -0.2) is 4.98 Å². The van der Waals surface area contributed by atoms with Gasteiger partial charge in [0.2, 0.25) is 5.91 Å². The highest BCUT2D eigenvalue weighted by atomic mass is 16.2. The first-order chi connectivity index (χ1) is 14.2. The summed E-state index contributed by atoms with van der Waals surface area (Å²) in [4.78, 5) is 36.4. The van der Waals surface area contributed by atoms with Gasteiger partial charge in [0, 0.05) is 26.0 Å². The molecule has 1 unspecified atom stereocenters. The standard InChI is InChI=1S/C22H34N6O2/c1-7-27(6)13-10-14-28-15-17(25-19(28)16-11-8-9-12-24-16)20(29)26-18(21(30)23-5)22(2,3)4/h8-9,11-12,15,18H,7,10,13-14H2,1-6H3,(H,23,30)(H,26,29). The van der Waals surface area contributed by atoms with Crippen LogP contribution in [0, 0.1) is 5.41 Å². The summed E-state index contributed by atoms with van der Waals surface area (Å²) in [5, 5.41) is 5.46. The van der Waals surface area contributed by atoms with E-state index in [-0.39, 0.29) is 17.5 Å². The van der Waals surface area contributed by atoms with Crippen molar-refractivity contribution in [3.8, 4) is 11.5 Å². The van der Waals surface area contributed by atoms with Crippen LogP contribution in [0.3, 0.4) is 0 Å². The number of aryl methyl sites for hydroxylation is 1. The lowest BCUT2D eigenvalue weighted by atomic mass is 9.86. The number of amides is 2. The molecule has 0 saturated carbocycles. The smallest absolute Gasteiger partial charge is 0.272 e. The number of nitrogens with zero attached hydrogens (tertiary/aromatic N) is 4. The molecule has 2 N–H and O–H groups in total. The molecule has 0 aliphatic carbocycles. The van der Waals surface area contributed by atoms with Crippen LogP contribution in [-0.4, -0.2) is 64.5 Å². The first-order valence-electron chi connectivity index (χ1n) is 10.4. The third-order valence-electron chi connectivity index (χ3n) is 5.03. The molecule has 2 amide bonds. The summed E-state index contributed by atoms with van der Waals surface area (Å²) < 4.78 is 1.97. The van der Waals surface area contributed by atoms with Crippen molar-refractivity contribution < 1.29 is 9.59 Å². The van der Waals surface area contributed by atoms with Gasteiger partial charge in [-0.15, -0.1) is 0 Å². The summed E-state index contributed by atoms with van der Waals surface area (Å²) in [5.74, 6) is 0.0371. The number of hydrogen-bond donors (Lipinski definition) is 2. The summed E-state index contributed by atoms with van der Waals surface area (Å²) >= 11 is 0. The van der Waals surface area contributed by atoms with Crippen LogP contribution in [-0.2, 0) is 11.3 Å². The van der Waals surface area contributed by atoms with Crippen molar-refractivity contribution >= 4 is 11.8 Å². The van der Waals surface area contributed by atoms with E-state index < -0.39 is 11.5 Å². The van der Waals surface area contributed by atoms with Crippen molar-refractivity contribution in [2.75, 3.05) is 27.2 Å². The Hall–Kier alpha value is -2.74. The average molecular weight is 415 g/mol. The minimum Gasteiger partial charge on any atom is -0.357 e. The molecule has 2 aromatic heterocycles. The van der Waals surface area contributed by atoms with Crippen LogP contribution in [0.4, 0.5) is 0 Å². The molecule has 8 heteroatoms. The maximum absolute atomic E-state index is 13.0. The normalized spacial score (nSPS) is 12.6. The van der Waals surface area contributed by atoms with Crippen LogP contribution in [0.5, 0.6) is 0 Å². The number of carbonyl (C=O) groups is 2. The predicted molar refractivity (Wildman–Crippen MR) is 118 cm³/mol. The lowest BCUT2D eigenvalue weighted by Crippen LogP contribution is -2.52. The number of likely N-dealkylation sites (N-methyl/N-ethyl adjacent to an activating group) is 1. The van der Waals surface area contributed by atoms with E-state index in [0.717, 1.165) is 19.5 Å². The van der Waals surface area contributed by atoms with Gasteiger partial charge in [-0.2, -0.15) is 0 Å². The maximum atomic E-state index is 13.0. The number of pyridine rings is 1. The minimum atomic E-state index is -0.670. The molecule has 0 radical (unpaired) electrons. The molecule has 0 bridgehead atoms. The van der Waals surface area contributed by atoms with Gasteiger partial charge in [-0.05, 0) is 44.1 Å². The fourth-order valence-corrected chi connectivity index (χ4v) is 3.09. The molecule has 1 atom stereocenters. The predicted octanol–water partition coefficient (Wildman–Crippen LogP) is 2.18. The number of carbonyl (C=O) groups excluding carboxylic acids is 2. The van der Waals surface area contributed by atoms with Gasteiger partial charge in [0.1, 0.15) is 17.4 Å². The Morgan fingerprint density at radius 2 is 2.00 bits per heavy atom. The van der Waals surface area contributed by atoms with Crippen molar-refractivity contribution in [1.29, 1.82) is 0 Å². The summed E-state index contributed by atoms with van der Waals surface area (Å²) in [6.45, 7) is 10.5. The molecule has 0 fully saturated rings. The van der Waals surface area contributed by atoms with Crippen molar-refractivity contribution in [1.82, 2.24) is 30.1 Å². The average Bonchev–Trinajstić information content (AvgIpc) is 3.15. The molecule has 0 aromatic carbocycles. The zero-order valence-electron chi connectivity index (χ0n) is 18.9. The first kappa shape index (κ1) is 23.5. The Labute approximate surface area is 179 Å². The number of nitrogens with one attached hydrogen (secondary N) is 2. The Morgan fingerprint density at radius 3 is 2.57 bits per heavy atom. The first-order valence-corrected chi connectivity index (χ1v) is 10.4. The van der Waals surface area contributed by atoms with Gasteiger partial charge in [-0.3, -0.25) is 14.6 Å². The Morgan fingerprint density at radius 1 is 1.27 bits per heavy atom. The molecule has 0 aliphatic rings. The van der Waals surface area contributed by atoms with Crippen molar-refractivity contribution in [2.45, 2.75) is 46.7 Å². The van der Waals surface area contributed by atoms with Gasteiger partial charge in [0.15, 0.2) is 5.82 Å². The van der Waals surface area contributed by atoms with E-state index in [4.69, 9.17) is 0 Å². The van der Waals surface area contributed by atoms with E-state index >= 15 is 0 Å². The van der Waals surface area contributed by atoms with Crippen molar-refractivity contribution in [3.05, 3.63) is 36.3 Å². The van der Waals surface area contributed by atoms with Crippen LogP contribution < -0.4 is 10.6 Å². The fourth-order valence-electron chi connectivity index (χ4n) is 3.09. The van der Waals surface area contributed by atoms with Crippen LogP contribution in [0.2, 0.25) is 0 Å². The number of imidazole rings is 1.